The first-order valence-electron chi connectivity index (χ1n) is 6.25. The number of hydrogen-bond donors (Lipinski definition) is 1. The van der Waals surface area contributed by atoms with Gasteiger partial charge in [-0.15, -0.1) is 11.3 Å². The van der Waals surface area contributed by atoms with Crippen molar-refractivity contribution in [3.05, 3.63) is 45.4 Å². The third kappa shape index (κ3) is 5.34. The number of nitrogens with zero attached hydrogens (tertiary/aromatic N) is 2. The van der Waals surface area contributed by atoms with E-state index in [9.17, 15) is 4.79 Å². The number of thiazole rings is 1. The van der Waals surface area contributed by atoms with Crippen molar-refractivity contribution < 1.29 is 14.6 Å². The van der Waals surface area contributed by atoms with Crippen LogP contribution < -0.4 is 4.74 Å². The van der Waals surface area contributed by atoms with Gasteiger partial charge in [-0.05, 0) is 31.3 Å². The van der Waals surface area contributed by atoms with Gasteiger partial charge in [-0.2, -0.15) is 0 Å². The Hall–Kier alpha value is -1.63. The largest absolute Gasteiger partial charge is 0.486 e. The van der Waals surface area contributed by atoms with Gasteiger partial charge >= 0.3 is 5.97 Å². The second kappa shape index (κ2) is 7.40. The van der Waals surface area contributed by atoms with E-state index >= 15 is 0 Å². The van der Waals surface area contributed by atoms with Crippen LogP contribution in [0.15, 0.2) is 29.6 Å². The monoisotopic (exact) mass is 326 g/mol. The number of carbonyl (C=O) groups is 1. The quantitative estimate of drug-likeness (QED) is 0.847. The third-order valence-corrected chi connectivity index (χ3v) is 3.74. The molecular weight excluding hydrogens is 312 g/mol. The van der Waals surface area contributed by atoms with Crippen LogP contribution in [-0.2, 0) is 17.9 Å². The number of likely N-dealkylation sites (N-methyl/N-ethyl adjacent to an activating group) is 1. The van der Waals surface area contributed by atoms with E-state index < -0.39 is 5.97 Å². The summed E-state index contributed by atoms with van der Waals surface area (Å²) in [4.78, 5) is 16.7. The maximum Gasteiger partial charge on any atom is 0.317 e. The number of aliphatic carboxylic acids is 1. The molecule has 0 amide bonds. The van der Waals surface area contributed by atoms with Gasteiger partial charge in [0.2, 0.25) is 0 Å². The Morgan fingerprint density at radius 1 is 1.43 bits per heavy atom. The molecule has 0 unspecified atom stereocenters. The Morgan fingerprint density at radius 3 is 2.81 bits per heavy atom. The van der Waals surface area contributed by atoms with Crippen molar-refractivity contribution in [2.75, 3.05) is 13.6 Å². The summed E-state index contributed by atoms with van der Waals surface area (Å²) in [5.41, 5.74) is 0.846. The van der Waals surface area contributed by atoms with Gasteiger partial charge in [0.25, 0.3) is 0 Å². The van der Waals surface area contributed by atoms with E-state index in [4.69, 9.17) is 21.4 Å². The zero-order valence-electron chi connectivity index (χ0n) is 11.5. The second-order valence-corrected chi connectivity index (χ2v) is 5.92. The Bertz CT molecular complexity index is 601. The minimum atomic E-state index is -0.848. The Kier molecular flexibility index (Phi) is 5.55. The maximum absolute atomic E-state index is 10.6. The number of halogens is 1. The molecule has 2 rings (SSSR count). The third-order valence-electron chi connectivity index (χ3n) is 2.61. The highest BCUT2D eigenvalue weighted by Gasteiger charge is 2.08. The summed E-state index contributed by atoms with van der Waals surface area (Å²) < 4.78 is 5.61. The fraction of sp³-hybridized carbons (Fsp3) is 0.286. The molecule has 5 nitrogen and oxygen atoms in total. The van der Waals surface area contributed by atoms with E-state index in [-0.39, 0.29) is 6.54 Å². The van der Waals surface area contributed by atoms with E-state index in [1.54, 1.807) is 36.2 Å². The normalized spacial score (nSPS) is 10.8. The van der Waals surface area contributed by atoms with Crippen LogP contribution in [0.5, 0.6) is 5.75 Å². The molecule has 0 atom stereocenters. The summed E-state index contributed by atoms with van der Waals surface area (Å²) in [7, 11) is 1.75. The highest BCUT2D eigenvalue weighted by atomic mass is 35.5. The molecule has 0 saturated heterocycles. The van der Waals surface area contributed by atoms with Crippen LogP contribution in [0.25, 0.3) is 0 Å². The summed E-state index contributed by atoms with van der Waals surface area (Å²) in [6, 6.07) is 7.14. The zero-order valence-corrected chi connectivity index (χ0v) is 13.0. The van der Waals surface area contributed by atoms with Crippen LogP contribution in [0.1, 0.15) is 10.7 Å². The lowest BCUT2D eigenvalue weighted by Crippen LogP contribution is -2.25. The smallest absolute Gasteiger partial charge is 0.317 e. The molecule has 0 saturated carbocycles. The van der Waals surface area contributed by atoms with Gasteiger partial charge < -0.3 is 9.84 Å². The SMILES string of the molecule is CN(CC(=O)O)Cc1csc(COc2ccc(Cl)cc2)n1. The number of carboxylic acids is 1. The van der Waals surface area contributed by atoms with Crippen LogP contribution in [-0.4, -0.2) is 34.6 Å². The van der Waals surface area contributed by atoms with E-state index in [1.807, 2.05) is 5.38 Å². The summed E-state index contributed by atoms with van der Waals surface area (Å²) in [6.07, 6.45) is 0. The van der Waals surface area contributed by atoms with Crippen molar-refractivity contribution in [2.45, 2.75) is 13.2 Å². The van der Waals surface area contributed by atoms with Crippen LogP contribution in [0.2, 0.25) is 5.02 Å². The number of hydrogen-bond acceptors (Lipinski definition) is 5. The summed E-state index contributed by atoms with van der Waals surface area (Å²) >= 11 is 7.30. The van der Waals surface area contributed by atoms with Crippen LogP contribution in [0, 0.1) is 0 Å². The average molecular weight is 327 g/mol. The molecule has 7 heteroatoms. The number of carboxylic acid groups (broad SMARTS) is 1. The molecule has 112 valence electrons. The van der Waals surface area contributed by atoms with Gasteiger partial charge in [0.1, 0.15) is 17.4 Å². The molecule has 0 aliphatic rings. The van der Waals surface area contributed by atoms with E-state index in [0.717, 1.165) is 16.5 Å². The molecule has 0 radical (unpaired) electrons. The lowest BCUT2D eigenvalue weighted by molar-refractivity contribution is -0.138. The van der Waals surface area contributed by atoms with Crippen LogP contribution in [0.4, 0.5) is 0 Å². The van der Waals surface area contributed by atoms with Gasteiger partial charge in [0.15, 0.2) is 0 Å². The number of benzene rings is 1. The molecule has 0 aliphatic heterocycles. The molecule has 1 aromatic carbocycles. The van der Waals surface area contributed by atoms with E-state index in [0.29, 0.717) is 18.2 Å². The van der Waals surface area contributed by atoms with Gasteiger partial charge in [-0.25, -0.2) is 4.98 Å². The van der Waals surface area contributed by atoms with Gasteiger partial charge in [-0.1, -0.05) is 11.6 Å². The molecule has 0 spiro atoms. The summed E-state index contributed by atoms with van der Waals surface area (Å²) in [5.74, 6) is -0.113. The highest BCUT2D eigenvalue weighted by Crippen LogP contribution is 2.18. The standard InChI is InChI=1S/C14H15ClN2O3S/c1-17(7-14(18)19)6-11-9-21-13(16-11)8-20-12-4-2-10(15)3-5-12/h2-5,9H,6-8H2,1H3,(H,18,19). The lowest BCUT2D eigenvalue weighted by atomic mass is 10.3. The average Bonchev–Trinajstić information content (AvgIpc) is 2.84. The molecular formula is C14H15ClN2O3S. The van der Waals surface area contributed by atoms with E-state index in [2.05, 4.69) is 4.98 Å². The predicted molar refractivity (Wildman–Crippen MR) is 81.9 cm³/mol. The predicted octanol–water partition coefficient (Wildman–Crippen LogP) is 2.89. The van der Waals surface area contributed by atoms with Gasteiger partial charge in [0.05, 0.1) is 12.2 Å². The number of aromatic nitrogens is 1. The molecule has 0 bridgehead atoms. The molecule has 1 heterocycles. The highest BCUT2D eigenvalue weighted by molar-refractivity contribution is 7.09. The van der Waals surface area contributed by atoms with Crippen molar-refractivity contribution in [3.63, 3.8) is 0 Å². The second-order valence-electron chi connectivity index (χ2n) is 4.54. The minimum Gasteiger partial charge on any atom is -0.486 e. The van der Waals surface area contributed by atoms with Crippen molar-refractivity contribution in [1.82, 2.24) is 9.88 Å². The van der Waals surface area contributed by atoms with Crippen molar-refractivity contribution >= 4 is 28.9 Å². The Labute approximate surface area is 131 Å². The van der Waals surface area contributed by atoms with Crippen molar-refractivity contribution in [2.24, 2.45) is 0 Å². The van der Waals surface area contributed by atoms with Crippen LogP contribution >= 0.6 is 22.9 Å². The molecule has 0 fully saturated rings. The fourth-order valence-corrected chi connectivity index (χ4v) is 2.55. The first-order chi connectivity index (χ1) is 10.0. The summed E-state index contributed by atoms with van der Waals surface area (Å²) in [5, 5.41) is 12.1. The van der Waals surface area contributed by atoms with Crippen LogP contribution in [0.3, 0.4) is 0 Å². The first kappa shape index (κ1) is 15.8. The molecule has 1 aromatic heterocycles. The van der Waals surface area contributed by atoms with Crippen molar-refractivity contribution in [1.29, 1.82) is 0 Å². The molecule has 2 aromatic rings. The first-order valence-corrected chi connectivity index (χ1v) is 7.50. The Balaban J connectivity index is 1.85. The molecule has 0 aliphatic carbocycles. The van der Waals surface area contributed by atoms with E-state index in [1.165, 1.54) is 11.3 Å². The number of rotatable bonds is 7. The molecule has 21 heavy (non-hydrogen) atoms. The minimum absolute atomic E-state index is 0.00582. The fourth-order valence-electron chi connectivity index (χ4n) is 1.73. The van der Waals surface area contributed by atoms with Crippen molar-refractivity contribution in [3.8, 4) is 5.75 Å². The van der Waals surface area contributed by atoms with Gasteiger partial charge in [0, 0.05) is 16.9 Å². The summed E-state index contributed by atoms with van der Waals surface area (Å²) in [6.45, 7) is 0.882. The maximum atomic E-state index is 10.6. The Morgan fingerprint density at radius 2 is 2.14 bits per heavy atom. The zero-order chi connectivity index (χ0) is 15.2. The van der Waals surface area contributed by atoms with Gasteiger partial charge in [-0.3, -0.25) is 9.69 Å². The topological polar surface area (TPSA) is 62.7 Å². The number of ether oxygens (including phenoxy) is 1. The molecule has 1 N–H and O–H groups in total. The lowest BCUT2D eigenvalue weighted by Gasteiger charge is -2.11.